The number of halogens is 2. The van der Waals surface area contributed by atoms with Crippen molar-refractivity contribution in [1.82, 2.24) is 0 Å². The summed E-state index contributed by atoms with van der Waals surface area (Å²) in [5.41, 5.74) is 1.22. The zero-order chi connectivity index (χ0) is 14.5. The van der Waals surface area contributed by atoms with Gasteiger partial charge in [-0.25, -0.2) is 4.39 Å². The highest BCUT2D eigenvalue weighted by atomic mass is 35.5. The lowest BCUT2D eigenvalue weighted by Gasteiger charge is -2.14. The van der Waals surface area contributed by atoms with Crippen LogP contribution in [-0.4, -0.2) is 14.2 Å². The van der Waals surface area contributed by atoms with Crippen molar-refractivity contribution < 1.29 is 13.9 Å². The number of para-hydroxylation sites is 1. The Kier molecular flexibility index (Phi) is 4.69. The zero-order valence-electron chi connectivity index (χ0n) is 11.2. The third-order valence-corrected chi connectivity index (χ3v) is 3.12. The highest BCUT2D eigenvalue weighted by molar-refractivity contribution is 6.30. The fourth-order valence-electron chi connectivity index (χ4n) is 1.92. The Morgan fingerprint density at radius 1 is 1.15 bits per heavy atom. The summed E-state index contributed by atoms with van der Waals surface area (Å²) in [6.07, 6.45) is 0. The molecule has 0 heterocycles. The molecule has 0 fully saturated rings. The zero-order valence-corrected chi connectivity index (χ0v) is 12.0. The van der Waals surface area contributed by atoms with Crippen molar-refractivity contribution >= 4 is 17.3 Å². The molecule has 3 nitrogen and oxygen atoms in total. The van der Waals surface area contributed by atoms with Crippen molar-refractivity contribution in [2.24, 2.45) is 0 Å². The fraction of sp³-hybridized carbons (Fsp3) is 0.200. The van der Waals surface area contributed by atoms with E-state index < -0.39 is 0 Å². The molecule has 106 valence electrons. The van der Waals surface area contributed by atoms with Crippen LogP contribution in [0.25, 0.3) is 0 Å². The van der Waals surface area contributed by atoms with Crippen LogP contribution in [-0.2, 0) is 6.54 Å². The Labute approximate surface area is 122 Å². The first-order chi connectivity index (χ1) is 9.65. The molecule has 0 saturated carbocycles. The van der Waals surface area contributed by atoms with E-state index in [1.165, 1.54) is 12.1 Å². The number of ether oxygens (including phenoxy) is 2. The average Bonchev–Trinajstić information content (AvgIpc) is 2.47. The van der Waals surface area contributed by atoms with Crippen LogP contribution >= 0.6 is 11.6 Å². The lowest BCUT2D eigenvalue weighted by atomic mass is 10.1. The van der Waals surface area contributed by atoms with Gasteiger partial charge in [0.15, 0.2) is 11.5 Å². The predicted molar refractivity (Wildman–Crippen MR) is 78.3 cm³/mol. The van der Waals surface area contributed by atoms with Gasteiger partial charge in [-0.1, -0.05) is 23.7 Å². The molecule has 0 saturated heterocycles. The van der Waals surface area contributed by atoms with Crippen molar-refractivity contribution in [3.8, 4) is 11.5 Å². The SMILES string of the molecule is COc1cccc(CNc2cc(Cl)ccc2F)c1OC. The van der Waals surface area contributed by atoms with Crippen LogP contribution in [0.2, 0.25) is 5.02 Å². The first-order valence-corrected chi connectivity index (χ1v) is 6.42. The van der Waals surface area contributed by atoms with Gasteiger partial charge in [-0.2, -0.15) is 0 Å². The minimum absolute atomic E-state index is 0.349. The summed E-state index contributed by atoms with van der Waals surface area (Å²) in [7, 11) is 3.15. The molecule has 2 aromatic carbocycles. The van der Waals surface area contributed by atoms with E-state index in [-0.39, 0.29) is 5.82 Å². The van der Waals surface area contributed by atoms with Gasteiger partial charge >= 0.3 is 0 Å². The lowest BCUT2D eigenvalue weighted by Crippen LogP contribution is -2.04. The van der Waals surface area contributed by atoms with Crippen molar-refractivity contribution in [3.63, 3.8) is 0 Å². The quantitative estimate of drug-likeness (QED) is 0.900. The number of rotatable bonds is 5. The highest BCUT2D eigenvalue weighted by Gasteiger charge is 2.10. The van der Waals surface area contributed by atoms with Gasteiger partial charge in [-0.05, 0) is 24.3 Å². The third-order valence-electron chi connectivity index (χ3n) is 2.88. The fourth-order valence-corrected chi connectivity index (χ4v) is 2.09. The first-order valence-electron chi connectivity index (χ1n) is 6.04. The van der Waals surface area contributed by atoms with Crippen molar-refractivity contribution in [1.29, 1.82) is 0 Å². The average molecular weight is 296 g/mol. The number of anilines is 1. The van der Waals surface area contributed by atoms with E-state index in [1.807, 2.05) is 18.2 Å². The van der Waals surface area contributed by atoms with E-state index in [1.54, 1.807) is 20.3 Å². The summed E-state index contributed by atoms with van der Waals surface area (Å²) in [5, 5.41) is 3.48. The van der Waals surface area contributed by atoms with E-state index in [4.69, 9.17) is 21.1 Å². The topological polar surface area (TPSA) is 30.5 Å². The maximum Gasteiger partial charge on any atom is 0.165 e. The summed E-state index contributed by atoms with van der Waals surface area (Å²) < 4.78 is 24.2. The molecule has 20 heavy (non-hydrogen) atoms. The van der Waals surface area contributed by atoms with Crippen molar-refractivity contribution in [2.45, 2.75) is 6.54 Å². The van der Waals surface area contributed by atoms with E-state index in [9.17, 15) is 4.39 Å². The van der Waals surface area contributed by atoms with Crippen LogP contribution < -0.4 is 14.8 Å². The van der Waals surface area contributed by atoms with Crippen LogP contribution in [0.5, 0.6) is 11.5 Å². The Morgan fingerprint density at radius 3 is 2.65 bits per heavy atom. The molecule has 0 bridgehead atoms. The number of methoxy groups -OCH3 is 2. The van der Waals surface area contributed by atoms with E-state index in [0.717, 1.165) is 5.56 Å². The Balaban J connectivity index is 2.20. The maximum absolute atomic E-state index is 13.6. The summed E-state index contributed by atoms with van der Waals surface area (Å²) >= 11 is 5.85. The molecule has 0 unspecified atom stereocenters. The third kappa shape index (κ3) is 3.14. The molecular weight excluding hydrogens is 281 g/mol. The molecule has 5 heteroatoms. The van der Waals surface area contributed by atoms with Gasteiger partial charge in [0.1, 0.15) is 5.82 Å². The smallest absolute Gasteiger partial charge is 0.165 e. The van der Waals surface area contributed by atoms with Crippen LogP contribution in [0.3, 0.4) is 0 Å². The van der Waals surface area contributed by atoms with Gasteiger partial charge in [-0.3, -0.25) is 0 Å². The minimum atomic E-state index is -0.351. The molecule has 0 spiro atoms. The summed E-state index contributed by atoms with van der Waals surface area (Å²) in [6, 6.07) is 9.93. The summed E-state index contributed by atoms with van der Waals surface area (Å²) in [4.78, 5) is 0. The van der Waals surface area contributed by atoms with Gasteiger partial charge in [-0.15, -0.1) is 0 Å². The van der Waals surface area contributed by atoms with E-state index in [2.05, 4.69) is 5.32 Å². The first kappa shape index (κ1) is 14.5. The van der Waals surface area contributed by atoms with E-state index >= 15 is 0 Å². The Bertz CT molecular complexity index is 604. The highest BCUT2D eigenvalue weighted by Crippen LogP contribution is 2.31. The number of benzene rings is 2. The minimum Gasteiger partial charge on any atom is -0.493 e. The van der Waals surface area contributed by atoms with Gasteiger partial charge in [0, 0.05) is 17.1 Å². The molecular formula is C15H15ClFNO2. The molecule has 1 N–H and O–H groups in total. The molecule has 0 aromatic heterocycles. The second kappa shape index (κ2) is 6.48. The molecule has 2 aromatic rings. The van der Waals surface area contributed by atoms with Gasteiger partial charge < -0.3 is 14.8 Å². The number of nitrogens with one attached hydrogen (secondary N) is 1. The van der Waals surface area contributed by atoms with E-state index in [0.29, 0.717) is 28.8 Å². The normalized spacial score (nSPS) is 10.2. The van der Waals surface area contributed by atoms with Crippen LogP contribution in [0.4, 0.5) is 10.1 Å². The Hall–Kier alpha value is -1.94. The standard InChI is InChI=1S/C15H15ClFNO2/c1-19-14-5-3-4-10(15(14)20-2)9-18-13-8-11(16)6-7-12(13)17/h3-8,18H,9H2,1-2H3. The van der Waals surface area contributed by atoms with Gasteiger partial charge in [0.2, 0.25) is 0 Å². The molecule has 0 aliphatic carbocycles. The number of hydrogen-bond donors (Lipinski definition) is 1. The van der Waals surface area contributed by atoms with Gasteiger partial charge in [0.25, 0.3) is 0 Å². The molecule has 0 atom stereocenters. The maximum atomic E-state index is 13.6. The second-order valence-electron chi connectivity index (χ2n) is 4.13. The van der Waals surface area contributed by atoms with Crippen LogP contribution in [0, 0.1) is 5.82 Å². The molecule has 0 amide bonds. The lowest BCUT2D eigenvalue weighted by molar-refractivity contribution is 0.352. The largest absolute Gasteiger partial charge is 0.493 e. The van der Waals surface area contributed by atoms with Crippen LogP contribution in [0.1, 0.15) is 5.56 Å². The summed E-state index contributed by atoms with van der Waals surface area (Å²) in [6.45, 7) is 0.400. The van der Waals surface area contributed by atoms with Crippen LogP contribution in [0.15, 0.2) is 36.4 Å². The molecule has 0 aliphatic rings. The monoisotopic (exact) mass is 295 g/mol. The molecule has 2 rings (SSSR count). The summed E-state index contributed by atoms with van der Waals surface area (Å²) in [5.74, 6) is 0.916. The second-order valence-corrected chi connectivity index (χ2v) is 4.57. The Morgan fingerprint density at radius 2 is 1.95 bits per heavy atom. The molecule has 0 aliphatic heterocycles. The predicted octanol–water partition coefficient (Wildman–Crippen LogP) is 4.11. The van der Waals surface area contributed by atoms with Gasteiger partial charge in [0.05, 0.1) is 19.9 Å². The number of hydrogen-bond acceptors (Lipinski definition) is 3. The van der Waals surface area contributed by atoms with Crippen molar-refractivity contribution in [3.05, 3.63) is 52.8 Å². The van der Waals surface area contributed by atoms with Crippen molar-refractivity contribution in [2.75, 3.05) is 19.5 Å². The molecule has 0 radical (unpaired) electrons.